The lowest BCUT2D eigenvalue weighted by Gasteiger charge is -2.28. The van der Waals surface area contributed by atoms with Gasteiger partial charge in [-0.1, -0.05) is 30.3 Å². The molecule has 1 aromatic rings. The number of nitrogens with zero attached hydrogens (tertiary/aromatic N) is 1. The molecule has 4 heteroatoms. The summed E-state index contributed by atoms with van der Waals surface area (Å²) < 4.78 is 5.96. The van der Waals surface area contributed by atoms with E-state index in [0.717, 1.165) is 6.42 Å². The van der Waals surface area contributed by atoms with Crippen molar-refractivity contribution < 1.29 is 14.3 Å². The van der Waals surface area contributed by atoms with Gasteiger partial charge in [0.1, 0.15) is 0 Å². The van der Waals surface area contributed by atoms with Gasteiger partial charge in [-0.15, -0.1) is 0 Å². The molecule has 0 saturated carbocycles. The summed E-state index contributed by atoms with van der Waals surface area (Å²) in [6.45, 7) is 10.7. The first-order valence-electron chi connectivity index (χ1n) is 6.83. The summed E-state index contributed by atoms with van der Waals surface area (Å²) in [5.74, 6) is 0.335. The molecule has 0 aromatic heterocycles. The highest BCUT2D eigenvalue weighted by Gasteiger charge is 2.40. The molecule has 0 aliphatic carbocycles. The van der Waals surface area contributed by atoms with Gasteiger partial charge in [-0.25, -0.2) is 4.84 Å². The van der Waals surface area contributed by atoms with E-state index in [1.165, 1.54) is 5.56 Å². The van der Waals surface area contributed by atoms with Crippen molar-refractivity contribution in [1.29, 1.82) is 0 Å². The summed E-state index contributed by atoms with van der Waals surface area (Å²) in [7, 11) is -1.67. The molecule has 1 atom stereocenters. The van der Waals surface area contributed by atoms with E-state index in [0.29, 0.717) is 5.92 Å². The highest BCUT2D eigenvalue weighted by atomic mass is 28.4. The van der Waals surface area contributed by atoms with Crippen LogP contribution in [0, 0.1) is 0 Å². The van der Waals surface area contributed by atoms with Crippen LogP contribution in [0.4, 0.5) is 0 Å². The Morgan fingerprint density at radius 2 is 1.84 bits per heavy atom. The molecule has 0 bridgehead atoms. The largest absolute Gasteiger partial charge is 0.343 e. The fraction of sp³-hybridized carbons (Fsp3) is 0.533. The van der Waals surface area contributed by atoms with Crippen LogP contribution in [0.25, 0.3) is 0 Å². The number of hydrogen-bond donors (Lipinski definition) is 0. The second kappa shape index (κ2) is 5.00. The topological polar surface area (TPSA) is 21.5 Å². The molecule has 0 fully saturated rings. The SMILES string of the molecule is CC1(C)C[C@H](c2ccccc2)C=[N+](O[Si](C)(C)C)O1. The Hall–Kier alpha value is -1.29. The molecule has 19 heavy (non-hydrogen) atoms. The first-order chi connectivity index (χ1) is 8.75. The quantitative estimate of drug-likeness (QED) is 0.786. The first-order valence-corrected chi connectivity index (χ1v) is 10.2. The molecule has 0 saturated heterocycles. The Labute approximate surface area is 116 Å². The van der Waals surface area contributed by atoms with Gasteiger partial charge in [0.05, 0.1) is 5.92 Å². The average Bonchev–Trinajstić information content (AvgIpc) is 2.25. The Kier molecular flexibility index (Phi) is 3.72. The number of hydrogen-bond acceptors (Lipinski definition) is 2. The fourth-order valence-electron chi connectivity index (χ4n) is 2.26. The predicted octanol–water partition coefficient (Wildman–Crippen LogP) is 3.73. The molecule has 2 rings (SSSR count). The third-order valence-corrected chi connectivity index (χ3v) is 3.67. The van der Waals surface area contributed by atoms with E-state index < -0.39 is 8.32 Å². The van der Waals surface area contributed by atoms with Crippen LogP contribution >= 0.6 is 0 Å². The lowest BCUT2D eigenvalue weighted by atomic mass is 9.88. The van der Waals surface area contributed by atoms with Crippen LogP contribution in [-0.4, -0.2) is 25.0 Å². The third-order valence-electron chi connectivity index (χ3n) is 2.94. The van der Waals surface area contributed by atoms with Gasteiger partial charge in [-0.05, 0) is 39.1 Å². The van der Waals surface area contributed by atoms with Crippen molar-refractivity contribution in [3.8, 4) is 0 Å². The van der Waals surface area contributed by atoms with Gasteiger partial charge >= 0.3 is 8.32 Å². The van der Waals surface area contributed by atoms with Crippen LogP contribution in [-0.2, 0) is 9.36 Å². The zero-order chi connectivity index (χ0) is 14.1. The Bertz CT molecular complexity index is 463. The molecule has 0 spiro atoms. The molecule has 1 aromatic carbocycles. The zero-order valence-electron chi connectivity index (χ0n) is 12.5. The van der Waals surface area contributed by atoms with E-state index in [2.05, 4.69) is 64.0 Å². The summed E-state index contributed by atoms with van der Waals surface area (Å²) in [5, 5.41) is 0. The predicted molar refractivity (Wildman–Crippen MR) is 79.7 cm³/mol. The maximum Gasteiger partial charge on any atom is 0.343 e. The van der Waals surface area contributed by atoms with Crippen LogP contribution in [0.3, 0.4) is 0 Å². The van der Waals surface area contributed by atoms with E-state index in [1.54, 1.807) is 4.90 Å². The van der Waals surface area contributed by atoms with Crippen molar-refractivity contribution in [2.45, 2.75) is 51.4 Å². The first kappa shape index (κ1) is 14.1. The molecule has 0 N–H and O–H groups in total. The number of rotatable bonds is 3. The van der Waals surface area contributed by atoms with Crippen LogP contribution < -0.4 is 0 Å². The molecular formula is C15H24NO2Si+. The van der Waals surface area contributed by atoms with Crippen LogP contribution in [0.1, 0.15) is 31.7 Å². The van der Waals surface area contributed by atoms with E-state index in [1.807, 2.05) is 6.07 Å². The fourth-order valence-corrected chi connectivity index (χ4v) is 2.90. The Balaban J connectivity index is 2.26. The maximum atomic E-state index is 5.96. The second-order valence-electron chi connectivity index (χ2n) is 6.71. The van der Waals surface area contributed by atoms with Gasteiger partial charge in [-0.2, -0.15) is 0 Å². The average molecular weight is 278 g/mol. The van der Waals surface area contributed by atoms with Gasteiger partial charge < -0.3 is 4.53 Å². The lowest BCUT2D eigenvalue weighted by Crippen LogP contribution is -2.43. The van der Waals surface area contributed by atoms with Gasteiger partial charge in [0.25, 0.3) is 6.21 Å². The van der Waals surface area contributed by atoms with Crippen molar-refractivity contribution >= 4 is 14.5 Å². The summed E-state index contributed by atoms with van der Waals surface area (Å²) in [4.78, 5) is 7.50. The van der Waals surface area contributed by atoms with E-state index in [9.17, 15) is 0 Å². The van der Waals surface area contributed by atoms with Crippen LogP contribution in [0.15, 0.2) is 30.3 Å². The molecule has 104 valence electrons. The normalized spacial score (nSPS) is 22.4. The van der Waals surface area contributed by atoms with E-state index in [4.69, 9.17) is 9.36 Å². The van der Waals surface area contributed by atoms with E-state index in [-0.39, 0.29) is 5.60 Å². The third kappa shape index (κ3) is 4.09. The van der Waals surface area contributed by atoms with Gasteiger partial charge in [-0.3, -0.25) is 0 Å². The summed E-state index contributed by atoms with van der Waals surface area (Å²) in [6.07, 6.45) is 3.02. The Morgan fingerprint density at radius 3 is 2.42 bits per heavy atom. The highest BCUT2D eigenvalue weighted by Crippen LogP contribution is 2.31. The van der Waals surface area contributed by atoms with Crippen LogP contribution in [0.2, 0.25) is 19.6 Å². The molecular weight excluding hydrogens is 254 g/mol. The lowest BCUT2D eigenvalue weighted by molar-refractivity contribution is -0.959. The van der Waals surface area contributed by atoms with Crippen molar-refractivity contribution in [2.75, 3.05) is 0 Å². The maximum absolute atomic E-state index is 5.96. The summed E-state index contributed by atoms with van der Waals surface area (Å²) in [6, 6.07) is 10.5. The van der Waals surface area contributed by atoms with Gasteiger partial charge in [0, 0.05) is 6.42 Å². The minimum atomic E-state index is -1.67. The molecule has 1 aliphatic heterocycles. The Morgan fingerprint density at radius 1 is 1.21 bits per heavy atom. The molecule has 0 amide bonds. The zero-order valence-corrected chi connectivity index (χ0v) is 13.5. The molecule has 1 heterocycles. The van der Waals surface area contributed by atoms with E-state index >= 15 is 0 Å². The standard InChI is InChI=1S/C15H24NO2Si/c1-15(2)11-14(13-9-7-6-8-10-13)12-16(17-15)18-19(3,4)5/h6-10,12,14H,11H2,1-5H3/q+1/t14-/m0/s1. The van der Waals surface area contributed by atoms with Gasteiger partial charge in [0.15, 0.2) is 10.5 Å². The summed E-state index contributed by atoms with van der Waals surface area (Å²) >= 11 is 0. The van der Waals surface area contributed by atoms with Crippen LogP contribution in [0.5, 0.6) is 0 Å². The van der Waals surface area contributed by atoms with Crippen molar-refractivity contribution in [1.82, 2.24) is 0 Å². The molecule has 0 radical (unpaired) electrons. The summed E-state index contributed by atoms with van der Waals surface area (Å²) in [5.41, 5.74) is 1.09. The van der Waals surface area contributed by atoms with Crippen molar-refractivity contribution in [3.05, 3.63) is 35.9 Å². The monoisotopic (exact) mass is 278 g/mol. The van der Waals surface area contributed by atoms with Crippen molar-refractivity contribution in [2.24, 2.45) is 0 Å². The molecule has 3 nitrogen and oxygen atoms in total. The highest BCUT2D eigenvalue weighted by molar-refractivity contribution is 6.69. The molecule has 1 aliphatic rings. The second-order valence-corrected chi connectivity index (χ2v) is 11.1. The van der Waals surface area contributed by atoms with Crippen molar-refractivity contribution in [3.63, 3.8) is 0 Å². The van der Waals surface area contributed by atoms with Gasteiger partial charge in [0.2, 0.25) is 0 Å². The minimum absolute atomic E-state index is 0.213. The smallest absolute Gasteiger partial charge is 0.306 e. The number of benzene rings is 1. The minimum Gasteiger partial charge on any atom is -0.306 e. The molecule has 0 unspecified atom stereocenters.